The van der Waals surface area contributed by atoms with Gasteiger partial charge in [-0.15, -0.1) is 0 Å². The number of aromatic nitrogens is 2. The average molecular weight is 348 g/mol. The molecule has 1 fully saturated rings. The Balaban J connectivity index is 1.52. The van der Waals surface area contributed by atoms with Gasteiger partial charge in [0, 0.05) is 12.6 Å². The summed E-state index contributed by atoms with van der Waals surface area (Å²) in [7, 11) is 0. The van der Waals surface area contributed by atoms with Crippen LogP contribution in [-0.4, -0.2) is 45.9 Å². The van der Waals surface area contributed by atoms with Gasteiger partial charge in [-0.05, 0) is 46.2 Å². The number of amides is 1. The summed E-state index contributed by atoms with van der Waals surface area (Å²) in [6.07, 6.45) is 4.69. The van der Waals surface area contributed by atoms with Gasteiger partial charge in [0.1, 0.15) is 11.9 Å². The summed E-state index contributed by atoms with van der Waals surface area (Å²) >= 11 is 0. The van der Waals surface area contributed by atoms with E-state index in [1.165, 1.54) is 0 Å². The van der Waals surface area contributed by atoms with E-state index >= 15 is 0 Å². The molecule has 3 rings (SSSR count). The first-order valence-corrected chi connectivity index (χ1v) is 8.46. The molecule has 1 aliphatic rings. The number of hydrogen-bond donors (Lipinski definition) is 1. The van der Waals surface area contributed by atoms with Crippen molar-refractivity contribution in [3.8, 4) is 11.5 Å². The Morgan fingerprint density at radius 3 is 3.04 bits per heavy atom. The molecule has 3 heterocycles. The van der Waals surface area contributed by atoms with Gasteiger partial charge < -0.3 is 19.0 Å². The predicted molar refractivity (Wildman–Crippen MR) is 89.7 cm³/mol. The number of piperidine rings is 1. The first-order valence-electron chi connectivity index (χ1n) is 8.46. The fraction of sp³-hybridized carbons (Fsp3) is 0.588. The van der Waals surface area contributed by atoms with E-state index in [2.05, 4.69) is 20.4 Å². The minimum Gasteiger partial charge on any atom is -0.472 e. The summed E-state index contributed by atoms with van der Waals surface area (Å²) < 4.78 is 15.6. The van der Waals surface area contributed by atoms with Crippen LogP contribution in [0.3, 0.4) is 0 Å². The zero-order valence-corrected chi connectivity index (χ0v) is 14.8. The summed E-state index contributed by atoms with van der Waals surface area (Å²) in [5.74, 6) is 1.07. The number of nitrogens with one attached hydrogen (secondary N) is 1. The molecule has 0 saturated carbocycles. The Morgan fingerprint density at radius 1 is 1.48 bits per heavy atom. The predicted octanol–water partition coefficient (Wildman–Crippen LogP) is 2.82. The van der Waals surface area contributed by atoms with Gasteiger partial charge in [-0.3, -0.25) is 4.90 Å². The van der Waals surface area contributed by atoms with Crippen LogP contribution >= 0.6 is 0 Å². The highest BCUT2D eigenvalue weighted by Gasteiger charge is 2.25. The van der Waals surface area contributed by atoms with E-state index in [9.17, 15) is 4.79 Å². The van der Waals surface area contributed by atoms with Gasteiger partial charge in [-0.2, -0.15) is 4.98 Å². The summed E-state index contributed by atoms with van der Waals surface area (Å²) in [4.78, 5) is 18.5. The lowest BCUT2D eigenvalue weighted by Gasteiger charge is -2.32. The molecule has 1 aliphatic heterocycles. The van der Waals surface area contributed by atoms with Crippen molar-refractivity contribution >= 4 is 6.09 Å². The molecule has 1 N–H and O–H groups in total. The third-order valence-corrected chi connectivity index (χ3v) is 3.83. The second-order valence-corrected chi connectivity index (χ2v) is 7.25. The maximum absolute atomic E-state index is 11.9. The largest absolute Gasteiger partial charge is 0.472 e. The lowest BCUT2D eigenvalue weighted by atomic mass is 10.1. The quantitative estimate of drug-likeness (QED) is 0.908. The van der Waals surface area contributed by atoms with E-state index in [-0.39, 0.29) is 12.1 Å². The van der Waals surface area contributed by atoms with Crippen molar-refractivity contribution in [3.63, 3.8) is 0 Å². The van der Waals surface area contributed by atoms with Crippen molar-refractivity contribution in [2.75, 3.05) is 13.1 Å². The number of rotatable bonds is 4. The molecule has 0 radical (unpaired) electrons. The van der Waals surface area contributed by atoms with Gasteiger partial charge >= 0.3 is 6.09 Å². The number of alkyl carbamates (subject to hydrolysis) is 1. The van der Waals surface area contributed by atoms with Crippen LogP contribution in [0.1, 0.15) is 39.4 Å². The SMILES string of the molecule is CC(C)(C)OC(=O)N[C@@H]1CCCN(Cc2noc(-c3ccoc3)n2)C1. The third kappa shape index (κ3) is 5.06. The molecule has 2 aromatic heterocycles. The third-order valence-electron chi connectivity index (χ3n) is 3.83. The molecule has 8 nitrogen and oxygen atoms in total. The zero-order chi connectivity index (χ0) is 17.9. The van der Waals surface area contributed by atoms with E-state index in [1.54, 1.807) is 18.6 Å². The summed E-state index contributed by atoms with van der Waals surface area (Å²) in [5.41, 5.74) is 0.272. The first-order chi connectivity index (χ1) is 11.9. The fourth-order valence-electron chi connectivity index (χ4n) is 2.81. The highest BCUT2D eigenvalue weighted by atomic mass is 16.6. The molecule has 8 heteroatoms. The average Bonchev–Trinajstić information content (AvgIpc) is 3.16. The van der Waals surface area contributed by atoms with Crippen molar-refractivity contribution in [3.05, 3.63) is 24.4 Å². The summed E-state index contributed by atoms with van der Waals surface area (Å²) in [5, 5.41) is 6.96. The Morgan fingerprint density at radius 2 is 2.32 bits per heavy atom. The molecule has 1 saturated heterocycles. The molecule has 0 aliphatic carbocycles. The Bertz CT molecular complexity index is 690. The number of hydrogen-bond acceptors (Lipinski definition) is 7. The lowest BCUT2D eigenvalue weighted by Crippen LogP contribution is -2.48. The Kier molecular flexibility index (Phi) is 5.08. The normalized spacial score (nSPS) is 18.9. The monoisotopic (exact) mass is 348 g/mol. The maximum Gasteiger partial charge on any atom is 0.407 e. The van der Waals surface area contributed by atoms with E-state index in [0.29, 0.717) is 18.3 Å². The molecule has 1 atom stereocenters. The van der Waals surface area contributed by atoms with Crippen molar-refractivity contribution in [2.24, 2.45) is 0 Å². The standard InChI is InChI=1S/C17H24N4O4/c1-17(2,3)24-16(22)18-13-5-4-7-21(9-13)10-14-19-15(25-20-14)12-6-8-23-11-12/h6,8,11,13H,4-5,7,9-10H2,1-3H3,(H,18,22)/t13-/m1/s1. The Hall–Kier alpha value is -2.35. The minimum atomic E-state index is -0.493. The molecule has 0 unspecified atom stereocenters. The molecule has 1 amide bonds. The van der Waals surface area contributed by atoms with Crippen LogP contribution in [0.4, 0.5) is 4.79 Å². The zero-order valence-electron chi connectivity index (χ0n) is 14.8. The highest BCUT2D eigenvalue weighted by Crippen LogP contribution is 2.19. The van der Waals surface area contributed by atoms with E-state index < -0.39 is 5.60 Å². The molecule has 25 heavy (non-hydrogen) atoms. The summed E-state index contributed by atoms with van der Waals surface area (Å²) in [6, 6.07) is 1.84. The molecular weight excluding hydrogens is 324 g/mol. The number of carbonyl (C=O) groups is 1. The van der Waals surface area contributed by atoms with Crippen LogP contribution < -0.4 is 5.32 Å². The van der Waals surface area contributed by atoms with Crippen molar-refractivity contribution in [2.45, 2.75) is 51.8 Å². The smallest absolute Gasteiger partial charge is 0.407 e. The van der Waals surface area contributed by atoms with Crippen LogP contribution in [-0.2, 0) is 11.3 Å². The number of ether oxygens (including phenoxy) is 1. The lowest BCUT2D eigenvalue weighted by molar-refractivity contribution is 0.0469. The number of nitrogens with zero attached hydrogens (tertiary/aromatic N) is 3. The Labute approximate surface area is 146 Å². The molecule has 0 aromatic carbocycles. The van der Waals surface area contributed by atoms with Gasteiger partial charge in [0.05, 0.1) is 18.4 Å². The molecule has 2 aromatic rings. The highest BCUT2D eigenvalue weighted by molar-refractivity contribution is 5.68. The van der Waals surface area contributed by atoms with Crippen LogP contribution in [0.25, 0.3) is 11.5 Å². The second-order valence-electron chi connectivity index (χ2n) is 7.25. The molecule has 136 valence electrons. The van der Waals surface area contributed by atoms with Gasteiger partial charge in [-0.25, -0.2) is 4.79 Å². The van der Waals surface area contributed by atoms with Gasteiger partial charge in [-0.1, -0.05) is 5.16 Å². The summed E-state index contributed by atoms with van der Waals surface area (Å²) in [6.45, 7) is 7.81. The number of carbonyl (C=O) groups excluding carboxylic acids is 1. The number of likely N-dealkylation sites (tertiary alicyclic amines) is 1. The van der Waals surface area contributed by atoms with Crippen LogP contribution in [0.2, 0.25) is 0 Å². The van der Waals surface area contributed by atoms with Crippen molar-refractivity contribution in [1.29, 1.82) is 0 Å². The molecule has 0 bridgehead atoms. The van der Waals surface area contributed by atoms with Gasteiger partial charge in [0.25, 0.3) is 5.89 Å². The van der Waals surface area contributed by atoms with Crippen LogP contribution in [0.5, 0.6) is 0 Å². The van der Waals surface area contributed by atoms with Gasteiger partial charge in [0.2, 0.25) is 0 Å². The van der Waals surface area contributed by atoms with Crippen LogP contribution in [0.15, 0.2) is 27.5 Å². The number of furan rings is 1. The topological polar surface area (TPSA) is 93.6 Å². The minimum absolute atomic E-state index is 0.0591. The van der Waals surface area contributed by atoms with Crippen LogP contribution in [0, 0.1) is 0 Å². The maximum atomic E-state index is 11.9. The fourth-order valence-corrected chi connectivity index (χ4v) is 2.81. The molecule has 0 spiro atoms. The van der Waals surface area contributed by atoms with Gasteiger partial charge in [0.15, 0.2) is 5.82 Å². The van der Waals surface area contributed by atoms with E-state index in [1.807, 2.05) is 20.8 Å². The molecular formula is C17H24N4O4. The van der Waals surface area contributed by atoms with E-state index in [0.717, 1.165) is 31.5 Å². The second kappa shape index (κ2) is 7.26. The van der Waals surface area contributed by atoms with Crippen molar-refractivity contribution in [1.82, 2.24) is 20.4 Å². The van der Waals surface area contributed by atoms with E-state index in [4.69, 9.17) is 13.7 Å². The van der Waals surface area contributed by atoms with Crippen molar-refractivity contribution < 1.29 is 18.5 Å². The first kappa shape index (κ1) is 17.5.